The molecule has 1 rings (SSSR count). The van der Waals surface area contributed by atoms with E-state index in [-0.39, 0.29) is 0 Å². The molecule has 0 aromatic heterocycles. The van der Waals surface area contributed by atoms with Crippen LogP contribution in [-0.2, 0) is 4.79 Å². The maximum Gasteiger partial charge on any atom is 0.141 e. The molecule has 0 aromatic rings. The molecule has 0 radical (unpaired) electrons. The topological polar surface area (TPSA) is 17.1 Å². The molecule has 56 valence electrons. The Bertz CT molecular complexity index is 170. The Labute approximate surface area is 63.1 Å². The molecule has 1 nitrogen and oxygen atoms in total. The first-order valence-corrected chi connectivity index (χ1v) is 7.03. The predicted octanol–water partition coefficient (Wildman–Crippen LogP) is 2.15. The van der Waals surface area contributed by atoms with Crippen LogP contribution in [-0.4, -0.2) is 14.4 Å². The fraction of sp³-hybridized carbons (Fsp3) is 0.625. The van der Waals surface area contributed by atoms with Gasteiger partial charge in [-0.05, 0) is 11.6 Å². The van der Waals surface area contributed by atoms with Crippen LogP contribution in [0.1, 0.15) is 12.8 Å². The normalized spacial score (nSPS) is 23.6. The summed E-state index contributed by atoms with van der Waals surface area (Å²) in [4.78, 5) is 10.5. The summed E-state index contributed by atoms with van der Waals surface area (Å²) in [7, 11) is -1.23. The highest BCUT2D eigenvalue weighted by Crippen LogP contribution is 2.26. The third kappa shape index (κ3) is 1.37. The molecule has 0 saturated heterocycles. The molecule has 0 saturated carbocycles. The average molecular weight is 154 g/mol. The molecule has 0 unspecified atom stereocenters. The van der Waals surface area contributed by atoms with Crippen LogP contribution in [0.4, 0.5) is 0 Å². The fourth-order valence-electron chi connectivity index (χ4n) is 1.43. The number of rotatable bonds is 1. The lowest BCUT2D eigenvalue weighted by Crippen LogP contribution is -2.31. The Morgan fingerprint density at radius 1 is 1.60 bits per heavy atom. The highest BCUT2D eigenvalue weighted by Gasteiger charge is 2.27. The van der Waals surface area contributed by atoms with Crippen LogP contribution in [0.3, 0.4) is 0 Å². The summed E-state index contributed by atoms with van der Waals surface area (Å²) in [5.41, 5.74) is 0. The third-order valence-corrected chi connectivity index (χ3v) is 5.77. The summed E-state index contributed by atoms with van der Waals surface area (Å²) in [5.74, 6) is 0. The third-order valence-electron chi connectivity index (χ3n) is 2.28. The van der Waals surface area contributed by atoms with Crippen molar-refractivity contribution in [1.29, 1.82) is 0 Å². The molecule has 0 atom stereocenters. The van der Waals surface area contributed by atoms with E-state index in [1.165, 1.54) is 12.5 Å². The van der Waals surface area contributed by atoms with Gasteiger partial charge in [-0.25, -0.2) is 0 Å². The Morgan fingerprint density at radius 3 is 2.70 bits per heavy atom. The molecule has 1 aliphatic heterocycles. The van der Waals surface area contributed by atoms with Gasteiger partial charge in [-0.15, -0.1) is 0 Å². The highest BCUT2D eigenvalue weighted by atomic mass is 28.3. The summed E-state index contributed by atoms with van der Waals surface area (Å²) < 4.78 is 0. The van der Waals surface area contributed by atoms with Gasteiger partial charge in [-0.2, -0.15) is 0 Å². The van der Waals surface area contributed by atoms with E-state index < -0.39 is 8.07 Å². The van der Waals surface area contributed by atoms with E-state index in [9.17, 15) is 4.79 Å². The van der Waals surface area contributed by atoms with Crippen LogP contribution in [0.2, 0.25) is 19.1 Å². The standard InChI is InChI=1S/C8H14OSi/c1-10(2)6-4-3-5-8(10)7-9/h5,7H,3-4,6H2,1-2H3. The van der Waals surface area contributed by atoms with E-state index in [2.05, 4.69) is 19.2 Å². The molecular weight excluding hydrogens is 140 g/mol. The molecular formula is C8H14OSi. The lowest BCUT2D eigenvalue weighted by Gasteiger charge is -2.25. The average Bonchev–Trinajstić information content (AvgIpc) is 1.87. The molecule has 2 heteroatoms. The molecule has 0 N–H and O–H groups in total. The Balaban J connectivity index is 2.82. The molecule has 0 aliphatic carbocycles. The van der Waals surface area contributed by atoms with Crippen LogP contribution >= 0.6 is 0 Å². The molecule has 1 heterocycles. The minimum absolute atomic E-state index is 1.06. The Morgan fingerprint density at radius 2 is 2.30 bits per heavy atom. The van der Waals surface area contributed by atoms with E-state index in [1.807, 2.05) is 0 Å². The summed E-state index contributed by atoms with van der Waals surface area (Å²) in [6.07, 6.45) is 5.59. The van der Waals surface area contributed by atoms with Gasteiger partial charge in [0.15, 0.2) is 0 Å². The van der Waals surface area contributed by atoms with Crippen molar-refractivity contribution in [2.45, 2.75) is 32.0 Å². The van der Waals surface area contributed by atoms with E-state index in [4.69, 9.17) is 0 Å². The van der Waals surface area contributed by atoms with Crippen molar-refractivity contribution in [3.8, 4) is 0 Å². The van der Waals surface area contributed by atoms with Gasteiger partial charge in [-0.1, -0.05) is 31.6 Å². The number of carbonyl (C=O) groups is 1. The number of carbonyl (C=O) groups excluding carboxylic acids is 1. The maximum atomic E-state index is 10.5. The Hall–Kier alpha value is -0.373. The van der Waals surface area contributed by atoms with E-state index in [0.29, 0.717) is 0 Å². The van der Waals surface area contributed by atoms with Crippen LogP contribution in [0.15, 0.2) is 11.3 Å². The number of hydrogen-bond acceptors (Lipinski definition) is 1. The lowest BCUT2D eigenvalue weighted by molar-refractivity contribution is -0.104. The summed E-state index contributed by atoms with van der Waals surface area (Å²) >= 11 is 0. The first kappa shape index (κ1) is 7.73. The van der Waals surface area contributed by atoms with E-state index in [0.717, 1.165) is 17.9 Å². The molecule has 0 spiro atoms. The van der Waals surface area contributed by atoms with Crippen molar-refractivity contribution in [1.82, 2.24) is 0 Å². The molecule has 0 aromatic carbocycles. The van der Waals surface area contributed by atoms with Crippen molar-refractivity contribution >= 4 is 14.4 Å². The van der Waals surface area contributed by atoms with Gasteiger partial charge in [-0.3, -0.25) is 4.79 Å². The first-order chi connectivity index (χ1) is 4.67. The smallest absolute Gasteiger partial charge is 0.141 e. The molecule has 10 heavy (non-hydrogen) atoms. The first-order valence-electron chi connectivity index (χ1n) is 3.82. The minimum Gasteiger partial charge on any atom is -0.299 e. The lowest BCUT2D eigenvalue weighted by atomic mass is 10.3. The van der Waals surface area contributed by atoms with Crippen molar-refractivity contribution in [3.63, 3.8) is 0 Å². The van der Waals surface area contributed by atoms with Crippen LogP contribution in [0, 0.1) is 0 Å². The second-order valence-electron chi connectivity index (χ2n) is 3.55. The number of allylic oxidation sites excluding steroid dienone is 2. The van der Waals surface area contributed by atoms with Crippen molar-refractivity contribution < 1.29 is 4.79 Å². The van der Waals surface area contributed by atoms with Gasteiger partial charge in [0.1, 0.15) is 6.29 Å². The zero-order valence-corrected chi connectivity index (χ0v) is 7.68. The molecule has 1 aliphatic rings. The second kappa shape index (κ2) is 2.70. The van der Waals surface area contributed by atoms with Crippen molar-refractivity contribution in [3.05, 3.63) is 11.3 Å². The van der Waals surface area contributed by atoms with Crippen molar-refractivity contribution in [2.75, 3.05) is 0 Å². The summed E-state index contributed by atoms with van der Waals surface area (Å²) in [6.45, 7) is 4.54. The van der Waals surface area contributed by atoms with Gasteiger partial charge in [0.2, 0.25) is 0 Å². The summed E-state index contributed by atoms with van der Waals surface area (Å²) in [5, 5.41) is 1.12. The van der Waals surface area contributed by atoms with Gasteiger partial charge >= 0.3 is 0 Å². The zero-order valence-electron chi connectivity index (χ0n) is 6.68. The van der Waals surface area contributed by atoms with Crippen molar-refractivity contribution in [2.24, 2.45) is 0 Å². The zero-order chi connectivity index (χ0) is 7.61. The number of hydrogen-bond donors (Lipinski definition) is 0. The van der Waals surface area contributed by atoms with E-state index in [1.54, 1.807) is 0 Å². The van der Waals surface area contributed by atoms with Crippen LogP contribution < -0.4 is 0 Å². The van der Waals surface area contributed by atoms with Crippen LogP contribution in [0.5, 0.6) is 0 Å². The second-order valence-corrected chi connectivity index (χ2v) is 8.40. The fourth-order valence-corrected chi connectivity index (χ4v) is 3.82. The van der Waals surface area contributed by atoms with Gasteiger partial charge in [0.25, 0.3) is 0 Å². The van der Waals surface area contributed by atoms with Gasteiger partial charge in [0.05, 0.1) is 8.07 Å². The predicted molar refractivity (Wildman–Crippen MR) is 45.7 cm³/mol. The SMILES string of the molecule is C[Si]1(C)CCCC=C1C=O. The van der Waals surface area contributed by atoms with Gasteiger partial charge in [0, 0.05) is 0 Å². The monoisotopic (exact) mass is 154 g/mol. The van der Waals surface area contributed by atoms with Crippen LogP contribution in [0.25, 0.3) is 0 Å². The number of aldehydes is 1. The van der Waals surface area contributed by atoms with Gasteiger partial charge < -0.3 is 0 Å². The quantitative estimate of drug-likeness (QED) is 0.418. The highest BCUT2D eigenvalue weighted by molar-refractivity contribution is 6.87. The Kier molecular flexibility index (Phi) is 2.09. The summed E-state index contributed by atoms with van der Waals surface area (Å²) in [6, 6.07) is 1.29. The minimum atomic E-state index is -1.23. The maximum absolute atomic E-state index is 10.5. The van der Waals surface area contributed by atoms with E-state index >= 15 is 0 Å². The molecule has 0 amide bonds. The molecule has 0 bridgehead atoms. The molecule has 0 fully saturated rings. The largest absolute Gasteiger partial charge is 0.299 e.